The monoisotopic (exact) mass is 172 g/mol. The van der Waals surface area contributed by atoms with Gasteiger partial charge in [0.2, 0.25) is 0 Å². The standard InChI is InChI=1S/C10H20O2/c1-8(2)6-5-7-12-10(11)9(3)4/h8-9H,5-7H2,1-4H3. The summed E-state index contributed by atoms with van der Waals surface area (Å²) in [4.78, 5) is 11.0. The van der Waals surface area contributed by atoms with Gasteiger partial charge in [-0.15, -0.1) is 0 Å². The first-order valence-electron chi connectivity index (χ1n) is 4.70. The van der Waals surface area contributed by atoms with Crippen LogP contribution in [0.3, 0.4) is 0 Å². The maximum absolute atomic E-state index is 11.0. The molecule has 0 aromatic rings. The van der Waals surface area contributed by atoms with Crippen LogP contribution >= 0.6 is 0 Å². The van der Waals surface area contributed by atoms with E-state index in [2.05, 4.69) is 13.8 Å². The molecule has 0 aliphatic rings. The molecule has 0 saturated heterocycles. The van der Waals surface area contributed by atoms with Gasteiger partial charge in [0.1, 0.15) is 0 Å². The third kappa shape index (κ3) is 6.20. The van der Waals surface area contributed by atoms with Gasteiger partial charge in [0.25, 0.3) is 0 Å². The molecule has 12 heavy (non-hydrogen) atoms. The number of esters is 1. The molecule has 0 aliphatic carbocycles. The van der Waals surface area contributed by atoms with Gasteiger partial charge in [0.05, 0.1) is 12.5 Å². The average Bonchev–Trinajstić information content (AvgIpc) is 1.97. The van der Waals surface area contributed by atoms with Crippen molar-refractivity contribution in [2.75, 3.05) is 6.61 Å². The molecule has 0 rings (SSSR count). The summed E-state index contributed by atoms with van der Waals surface area (Å²) in [5, 5.41) is 0. The predicted molar refractivity (Wildman–Crippen MR) is 49.9 cm³/mol. The Hall–Kier alpha value is -0.530. The summed E-state index contributed by atoms with van der Waals surface area (Å²) in [5.74, 6) is 0.616. The molecule has 0 saturated carbocycles. The zero-order valence-electron chi connectivity index (χ0n) is 8.59. The molecule has 0 bridgehead atoms. The Morgan fingerprint density at radius 2 is 1.83 bits per heavy atom. The van der Waals surface area contributed by atoms with E-state index in [1.807, 2.05) is 13.8 Å². The van der Waals surface area contributed by atoms with E-state index in [1.165, 1.54) is 0 Å². The molecule has 2 nitrogen and oxygen atoms in total. The minimum Gasteiger partial charge on any atom is -0.465 e. The number of ether oxygens (including phenoxy) is 1. The molecule has 0 amide bonds. The molecule has 0 spiro atoms. The lowest BCUT2D eigenvalue weighted by Gasteiger charge is -2.07. The first-order valence-corrected chi connectivity index (χ1v) is 4.70. The van der Waals surface area contributed by atoms with Gasteiger partial charge in [-0.1, -0.05) is 27.7 Å². The second kappa shape index (κ2) is 6.04. The molecule has 0 atom stereocenters. The topological polar surface area (TPSA) is 26.3 Å². The summed E-state index contributed by atoms with van der Waals surface area (Å²) in [6.45, 7) is 8.62. The molecular weight excluding hydrogens is 152 g/mol. The fourth-order valence-electron chi connectivity index (χ4n) is 0.831. The van der Waals surface area contributed by atoms with Crippen LogP contribution in [0.15, 0.2) is 0 Å². The predicted octanol–water partition coefficient (Wildman–Crippen LogP) is 2.62. The molecule has 0 aliphatic heterocycles. The maximum atomic E-state index is 11.0. The van der Waals surface area contributed by atoms with E-state index in [0.717, 1.165) is 12.8 Å². The SMILES string of the molecule is CC(C)CCCOC(=O)C(C)C. The molecule has 0 N–H and O–H groups in total. The van der Waals surface area contributed by atoms with Crippen LogP contribution in [0.2, 0.25) is 0 Å². The van der Waals surface area contributed by atoms with Gasteiger partial charge < -0.3 is 4.74 Å². The molecule has 0 heterocycles. The second-order valence-electron chi connectivity index (χ2n) is 3.86. The van der Waals surface area contributed by atoms with Gasteiger partial charge in [-0.05, 0) is 18.8 Å². The summed E-state index contributed by atoms with van der Waals surface area (Å²) < 4.78 is 5.01. The van der Waals surface area contributed by atoms with Crippen molar-refractivity contribution in [3.05, 3.63) is 0 Å². The summed E-state index contributed by atoms with van der Waals surface area (Å²) in [6.07, 6.45) is 2.11. The molecule has 0 fully saturated rings. The van der Waals surface area contributed by atoms with Crippen molar-refractivity contribution in [2.24, 2.45) is 11.8 Å². The van der Waals surface area contributed by atoms with Crippen molar-refractivity contribution in [1.82, 2.24) is 0 Å². The van der Waals surface area contributed by atoms with Gasteiger partial charge in [-0.2, -0.15) is 0 Å². The van der Waals surface area contributed by atoms with Crippen LogP contribution in [0, 0.1) is 11.8 Å². The van der Waals surface area contributed by atoms with Crippen LogP contribution in [0.25, 0.3) is 0 Å². The number of hydrogen-bond acceptors (Lipinski definition) is 2. The first-order chi connectivity index (χ1) is 5.54. The average molecular weight is 172 g/mol. The van der Waals surface area contributed by atoms with Crippen LogP contribution in [-0.2, 0) is 9.53 Å². The van der Waals surface area contributed by atoms with Crippen LogP contribution in [0.5, 0.6) is 0 Å². The van der Waals surface area contributed by atoms with E-state index in [4.69, 9.17) is 4.74 Å². The molecule has 0 radical (unpaired) electrons. The highest BCUT2D eigenvalue weighted by Crippen LogP contribution is 2.04. The van der Waals surface area contributed by atoms with Crippen LogP contribution < -0.4 is 0 Å². The second-order valence-corrected chi connectivity index (χ2v) is 3.86. The first kappa shape index (κ1) is 11.5. The highest BCUT2D eigenvalue weighted by molar-refractivity contribution is 5.71. The fraction of sp³-hybridized carbons (Fsp3) is 0.900. The minimum absolute atomic E-state index is 0.00375. The van der Waals surface area contributed by atoms with Gasteiger partial charge in [0, 0.05) is 0 Å². The Morgan fingerprint density at radius 1 is 1.25 bits per heavy atom. The molecular formula is C10H20O2. The van der Waals surface area contributed by atoms with E-state index >= 15 is 0 Å². The van der Waals surface area contributed by atoms with Crippen molar-refractivity contribution in [2.45, 2.75) is 40.5 Å². The highest BCUT2D eigenvalue weighted by atomic mass is 16.5. The molecule has 0 aromatic carbocycles. The van der Waals surface area contributed by atoms with Crippen molar-refractivity contribution < 1.29 is 9.53 Å². The lowest BCUT2D eigenvalue weighted by atomic mass is 10.1. The molecule has 2 heteroatoms. The zero-order valence-corrected chi connectivity index (χ0v) is 8.59. The number of carbonyl (C=O) groups is 1. The fourth-order valence-corrected chi connectivity index (χ4v) is 0.831. The van der Waals surface area contributed by atoms with Crippen molar-refractivity contribution in [3.8, 4) is 0 Å². The van der Waals surface area contributed by atoms with Crippen molar-refractivity contribution in [3.63, 3.8) is 0 Å². The smallest absolute Gasteiger partial charge is 0.308 e. The third-order valence-corrected chi connectivity index (χ3v) is 1.64. The van der Waals surface area contributed by atoms with E-state index in [1.54, 1.807) is 0 Å². The van der Waals surface area contributed by atoms with Gasteiger partial charge in [0.15, 0.2) is 0 Å². The van der Waals surface area contributed by atoms with Crippen molar-refractivity contribution >= 4 is 5.97 Å². The number of rotatable bonds is 5. The van der Waals surface area contributed by atoms with E-state index in [0.29, 0.717) is 12.5 Å². The summed E-state index contributed by atoms with van der Waals surface area (Å²) in [7, 11) is 0. The lowest BCUT2D eigenvalue weighted by molar-refractivity contribution is -0.147. The number of hydrogen-bond donors (Lipinski definition) is 0. The normalized spacial score (nSPS) is 10.8. The Bertz CT molecular complexity index is 128. The number of carbonyl (C=O) groups excluding carboxylic acids is 1. The third-order valence-electron chi connectivity index (χ3n) is 1.64. The van der Waals surface area contributed by atoms with Crippen LogP contribution in [-0.4, -0.2) is 12.6 Å². The van der Waals surface area contributed by atoms with Gasteiger partial charge in [-0.3, -0.25) is 4.79 Å². The van der Waals surface area contributed by atoms with Gasteiger partial charge in [-0.25, -0.2) is 0 Å². The maximum Gasteiger partial charge on any atom is 0.308 e. The van der Waals surface area contributed by atoms with Gasteiger partial charge >= 0.3 is 5.97 Å². The zero-order chi connectivity index (χ0) is 9.56. The summed E-state index contributed by atoms with van der Waals surface area (Å²) in [6, 6.07) is 0. The largest absolute Gasteiger partial charge is 0.465 e. The van der Waals surface area contributed by atoms with E-state index in [-0.39, 0.29) is 11.9 Å². The molecule has 0 aromatic heterocycles. The highest BCUT2D eigenvalue weighted by Gasteiger charge is 2.07. The summed E-state index contributed by atoms with van der Waals surface area (Å²) in [5.41, 5.74) is 0. The van der Waals surface area contributed by atoms with E-state index in [9.17, 15) is 4.79 Å². The van der Waals surface area contributed by atoms with Crippen molar-refractivity contribution in [1.29, 1.82) is 0 Å². The molecule has 72 valence electrons. The minimum atomic E-state index is -0.0845. The quantitative estimate of drug-likeness (QED) is 0.470. The molecule has 0 unspecified atom stereocenters. The lowest BCUT2D eigenvalue weighted by Crippen LogP contribution is -2.12. The Balaban J connectivity index is 3.26. The Morgan fingerprint density at radius 3 is 2.25 bits per heavy atom. The summed E-state index contributed by atoms with van der Waals surface area (Å²) >= 11 is 0. The Labute approximate surface area is 75.3 Å². The van der Waals surface area contributed by atoms with E-state index < -0.39 is 0 Å². The van der Waals surface area contributed by atoms with Crippen LogP contribution in [0.4, 0.5) is 0 Å². The Kier molecular flexibility index (Phi) is 5.77. The van der Waals surface area contributed by atoms with Crippen LogP contribution in [0.1, 0.15) is 40.5 Å².